The van der Waals surface area contributed by atoms with Gasteiger partial charge in [0.25, 0.3) is 5.88 Å². The number of ether oxygens (including phenoxy) is 1. The summed E-state index contributed by atoms with van der Waals surface area (Å²) >= 11 is 3.56. The number of hydrogen-bond acceptors (Lipinski definition) is 4. The highest BCUT2D eigenvalue weighted by Gasteiger charge is 2.11. The van der Waals surface area contributed by atoms with Gasteiger partial charge in [-0.1, -0.05) is 15.9 Å². The Labute approximate surface area is 131 Å². The summed E-state index contributed by atoms with van der Waals surface area (Å²) in [5, 5.41) is 3.02. The van der Waals surface area contributed by atoms with Crippen molar-refractivity contribution >= 4 is 27.4 Å². The van der Waals surface area contributed by atoms with Crippen LogP contribution in [0.2, 0.25) is 0 Å². The molecule has 0 aliphatic rings. The number of nitrogens with one attached hydrogen (secondary N) is 1. The first kappa shape index (κ1) is 13.9. The molecule has 0 saturated carbocycles. The molecule has 0 unspecified atom stereocenters. The average Bonchev–Trinajstić information content (AvgIpc) is 2.93. The number of anilines is 1. The van der Waals surface area contributed by atoms with Crippen LogP contribution in [0.5, 0.6) is 11.6 Å². The van der Waals surface area contributed by atoms with E-state index in [1.807, 2.05) is 49.8 Å². The first-order valence-electron chi connectivity index (χ1n) is 6.54. The van der Waals surface area contributed by atoms with Crippen molar-refractivity contribution < 1.29 is 4.74 Å². The molecule has 2 aromatic heterocycles. The molecule has 6 heteroatoms. The molecule has 2 heterocycles. The lowest BCUT2D eigenvalue weighted by molar-refractivity contribution is 0.465. The highest BCUT2D eigenvalue weighted by atomic mass is 79.9. The minimum atomic E-state index is 0.480. The van der Waals surface area contributed by atoms with Crippen molar-refractivity contribution in [3.05, 3.63) is 46.3 Å². The molecule has 108 valence electrons. The normalized spacial score (nSPS) is 10.9. The monoisotopic (exact) mass is 346 g/mol. The van der Waals surface area contributed by atoms with Gasteiger partial charge in [-0.3, -0.25) is 4.40 Å². The molecule has 0 bridgehead atoms. The predicted octanol–water partition coefficient (Wildman–Crippen LogP) is 3.94. The Bertz CT molecular complexity index is 790. The van der Waals surface area contributed by atoms with Crippen molar-refractivity contribution in [1.82, 2.24) is 14.4 Å². The lowest BCUT2D eigenvalue weighted by Gasteiger charge is -2.11. The molecule has 0 amide bonds. The van der Waals surface area contributed by atoms with Gasteiger partial charge in [-0.25, -0.2) is 4.98 Å². The second kappa shape index (κ2) is 5.37. The van der Waals surface area contributed by atoms with Gasteiger partial charge in [-0.05, 0) is 37.1 Å². The van der Waals surface area contributed by atoms with Gasteiger partial charge >= 0.3 is 0 Å². The van der Waals surface area contributed by atoms with Crippen LogP contribution in [0, 0.1) is 13.8 Å². The third-order valence-electron chi connectivity index (χ3n) is 3.22. The highest BCUT2D eigenvalue weighted by Crippen LogP contribution is 2.30. The molecule has 0 atom stereocenters. The van der Waals surface area contributed by atoms with Crippen LogP contribution in [-0.4, -0.2) is 21.4 Å². The van der Waals surface area contributed by atoms with E-state index in [9.17, 15) is 0 Å². The number of benzene rings is 1. The van der Waals surface area contributed by atoms with E-state index in [-0.39, 0.29) is 0 Å². The fourth-order valence-corrected chi connectivity index (χ4v) is 2.40. The fourth-order valence-electron chi connectivity index (χ4n) is 2.17. The van der Waals surface area contributed by atoms with Gasteiger partial charge in [0.1, 0.15) is 11.6 Å². The van der Waals surface area contributed by atoms with Crippen LogP contribution in [0.25, 0.3) is 5.65 Å². The number of aryl methyl sites for hydroxylation is 2. The molecule has 3 aromatic rings. The van der Waals surface area contributed by atoms with Crippen molar-refractivity contribution in [2.24, 2.45) is 0 Å². The first-order chi connectivity index (χ1) is 10.1. The number of rotatable bonds is 3. The molecule has 1 aromatic carbocycles. The molecule has 0 aliphatic heterocycles. The Morgan fingerprint density at radius 2 is 1.95 bits per heavy atom. The summed E-state index contributed by atoms with van der Waals surface area (Å²) in [4.78, 5) is 8.73. The number of nitrogens with zero attached hydrogens (tertiary/aromatic N) is 3. The van der Waals surface area contributed by atoms with Crippen molar-refractivity contribution in [2.75, 3.05) is 12.4 Å². The van der Waals surface area contributed by atoms with E-state index in [0.29, 0.717) is 11.5 Å². The van der Waals surface area contributed by atoms with E-state index in [1.165, 1.54) is 0 Å². The molecule has 0 radical (unpaired) electrons. The Kier molecular flexibility index (Phi) is 3.55. The van der Waals surface area contributed by atoms with Crippen LogP contribution < -0.4 is 10.1 Å². The summed E-state index contributed by atoms with van der Waals surface area (Å²) in [6.45, 7) is 4.07. The SMILES string of the molecule is CNc1cn2ccnc2c(Oc2cc(C)c(Br)c(C)c2)n1. The number of halogens is 1. The molecule has 0 saturated heterocycles. The van der Waals surface area contributed by atoms with E-state index >= 15 is 0 Å². The zero-order valence-corrected chi connectivity index (χ0v) is 13.6. The zero-order valence-electron chi connectivity index (χ0n) is 12.0. The second-order valence-electron chi connectivity index (χ2n) is 4.81. The quantitative estimate of drug-likeness (QED) is 0.780. The predicted molar refractivity (Wildman–Crippen MR) is 86.2 cm³/mol. The Morgan fingerprint density at radius 1 is 1.24 bits per heavy atom. The maximum Gasteiger partial charge on any atom is 0.265 e. The summed E-state index contributed by atoms with van der Waals surface area (Å²) in [6.07, 6.45) is 5.46. The summed E-state index contributed by atoms with van der Waals surface area (Å²) in [7, 11) is 1.82. The largest absolute Gasteiger partial charge is 0.436 e. The molecular formula is C15H15BrN4O. The van der Waals surface area contributed by atoms with E-state index < -0.39 is 0 Å². The number of hydrogen-bond donors (Lipinski definition) is 1. The first-order valence-corrected chi connectivity index (χ1v) is 7.34. The van der Waals surface area contributed by atoms with Crippen molar-refractivity contribution in [2.45, 2.75) is 13.8 Å². The van der Waals surface area contributed by atoms with Gasteiger partial charge in [0.05, 0.1) is 6.20 Å². The van der Waals surface area contributed by atoms with Gasteiger partial charge in [-0.2, -0.15) is 4.98 Å². The van der Waals surface area contributed by atoms with Gasteiger partial charge < -0.3 is 10.1 Å². The third kappa shape index (κ3) is 2.58. The summed E-state index contributed by atoms with van der Waals surface area (Å²) < 4.78 is 8.93. The van der Waals surface area contributed by atoms with Gasteiger partial charge in [-0.15, -0.1) is 0 Å². The van der Waals surface area contributed by atoms with Crippen LogP contribution in [0.15, 0.2) is 35.2 Å². The van der Waals surface area contributed by atoms with Gasteiger partial charge in [0.2, 0.25) is 5.65 Å². The highest BCUT2D eigenvalue weighted by molar-refractivity contribution is 9.10. The summed E-state index contributed by atoms with van der Waals surface area (Å²) in [5.41, 5.74) is 2.93. The lowest BCUT2D eigenvalue weighted by atomic mass is 10.1. The second-order valence-corrected chi connectivity index (χ2v) is 5.61. The van der Waals surface area contributed by atoms with E-state index in [0.717, 1.165) is 27.2 Å². The molecule has 5 nitrogen and oxygen atoms in total. The van der Waals surface area contributed by atoms with Crippen LogP contribution in [0.4, 0.5) is 5.82 Å². The van der Waals surface area contributed by atoms with Crippen LogP contribution in [0.3, 0.4) is 0 Å². The molecule has 0 fully saturated rings. The summed E-state index contributed by atoms with van der Waals surface area (Å²) in [5.74, 6) is 1.95. The fraction of sp³-hybridized carbons (Fsp3) is 0.200. The minimum Gasteiger partial charge on any atom is -0.436 e. The standard InChI is InChI=1S/C15H15BrN4O/c1-9-6-11(7-10(2)13(9)16)21-15-14-18-4-5-20(14)8-12(17-3)19-15/h4-8,17H,1-3H3. The van der Waals surface area contributed by atoms with Crippen molar-refractivity contribution in [3.63, 3.8) is 0 Å². The molecule has 0 spiro atoms. The topological polar surface area (TPSA) is 51.5 Å². The molecule has 1 N–H and O–H groups in total. The van der Waals surface area contributed by atoms with Gasteiger partial charge in [0, 0.05) is 23.9 Å². The molecule has 3 rings (SSSR count). The van der Waals surface area contributed by atoms with E-state index in [1.54, 1.807) is 6.20 Å². The number of imidazole rings is 1. The Balaban J connectivity index is 2.07. The van der Waals surface area contributed by atoms with Crippen LogP contribution in [-0.2, 0) is 0 Å². The molecular weight excluding hydrogens is 332 g/mol. The van der Waals surface area contributed by atoms with Crippen LogP contribution >= 0.6 is 15.9 Å². The number of aromatic nitrogens is 3. The minimum absolute atomic E-state index is 0.480. The molecule has 0 aliphatic carbocycles. The van der Waals surface area contributed by atoms with Crippen molar-refractivity contribution in [3.8, 4) is 11.6 Å². The Hall–Kier alpha value is -2.08. The Morgan fingerprint density at radius 3 is 2.62 bits per heavy atom. The maximum atomic E-state index is 5.95. The smallest absolute Gasteiger partial charge is 0.265 e. The maximum absolute atomic E-state index is 5.95. The third-order valence-corrected chi connectivity index (χ3v) is 4.47. The zero-order chi connectivity index (χ0) is 15.0. The van der Waals surface area contributed by atoms with Crippen molar-refractivity contribution in [1.29, 1.82) is 0 Å². The van der Waals surface area contributed by atoms with E-state index in [4.69, 9.17) is 4.74 Å². The average molecular weight is 347 g/mol. The summed E-state index contributed by atoms with van der Waals surface area (Å²) in [6, 6.07) is 3.95. The lowest BCUT2D eigenvalue weighted by Crippen LogP contribution is -2.00. The van der Waals surface area contributed by atoms with Gasteiger partial charge in [0.15, 0.2) is 0 Å². The van der Waals surface area contributed by atoms with E-state index in [2.05, 4.69) is 31.2 Å². The molecule has 21 heavy (non-hydrogen) atoms. The van der Waals surface area contributed by atoms with Crippen LogP contribution in [0.1, 0.15) is 11.1 Å². The number of fused-ring (bicyclic) bond motifs is 1.